The van der Waals surface area contributed by atoms with Gasteiger partial charge in [-0.25, -0.2) is 14.8 Å². The van der Waals surface area contributed by atoms with Gasteiger partial charge in [0.15, 0.2) is 5.82 Å². The molecule has 1 heterocycles. The van der Waals surface area contributed by atoms with Gasteiger partial charge in [0.2, 0.25) is 5.88 Å². The molecule has 0 atom stereocenters. The lowest BCUT2D eigenvalue weighted by molar-refractivity contribution is 0.0635. The lowest BCUT2D eigenvalue weighted by Gasteiger charge is -2.19. The summed E-state index contributed by atoms with van der Waals surface area (Å²) in [5.41, 5.74) is -0.538. The van der Waals surface area contributed by atoms with E-state index in [1.54, 1.807) is 20.8 Å². The van der Waals surface area contributed by atoms with Crippen molar-refractivity contribution in [1.82, 2.24) is 9.97 Å². The molecule has 1 amide bonds. The van der Waals surface area contributed by atoms with Gasteiger partial charge < -0.3 is 9.47 Å². The van der Waals surface area contributed by atoms with Gasteiger partial charge in [0.05, 0.1) is 19.5 Å². The molecule has 88 valence electrons. The largest absolute Gasteiger partial charge is 0.480 e. The standard InChI is InChI=1S/C10H15N3O3/c1-10(2,3)16-9(14)13-7-5-12-8(15-4)6-11-7/h5-6H,1-4H3,(H,11,13,14). The van der Waals surface area contributed by atoms with Crippen molar-refractivity contribution < 1.29 is 14.3 Å². The first kappa shape index (κ1) is 12.2. The predicted molar refractivity (Wildman–Crippen MR) is 58.4 cm³/mol. The zero-order chi connectivity index (χ0) is 12.2. The molecule has 0 aliphatic carbocycles. The number of nitrogens with one attached hydrogen (secondary N) is 1. The van der Waals surface area contributed by atoms with E-state index < -0.39 is 11.7 Å². The van der Waals surface area contributed by atoms with E-state index in [-0.39, 0.29) is 0 Å². The Morgan fingerprint density at radius 2 is 2.00 bits per heavy atom. The summed E-state index contributed by atoms with van der Waals surface area (Å²) in [5, 5.41) is 2.46. The maximum atomic E-state index is 11.4. The number of ether oxygens (including phenoxy) is 2. The van der Waals surface area contributed by atoms with Crippen LogP contribution in [0.5, 0.6) is 5.88 Å². The van der Waals surface area contributed by atoms with Gasteiger partial charge in [-0.05, 0) is 20.8 Å². The summed E-state index contributed by atoms with van der Waals surface area (Å²) in [6.45, 7) is 5.35. The number of nitrogens with zero attached hydrogens (tertiary/aromatic N) is 2. The minimum Gasteiger partial charge on any atom is -0.480 e. The van der Waals surface area contributed by atoms with Crippen molar-refractivity contribution in [1.29, 1.82) is 0 Å². The van der Waals surface area contributed by atoms with Crippen molar-refractivity contribution in [3.63, 3.8) is 0 Å². The van der Waals surface area contributed by atoms with Crippen LogP contribution >= 0.6 is 0 Å². The fourth-order valence-corrected chi connectivity index (χ4v) is 0.894. The predicted octanol–water partition coefficient (Wildman–Crippen LogP) is 1.83. The third-order valence-corrected chi connectivity index (χ3v) is 1.47. The molecular formula is C10H15N3O3. The average Bonchev–Trinajstić information content (AvgIpc) is 2.16. The number of rotatable bonds is 2. The quantitative estimate of drug-likeness (QED) is 0.831. The molecule has 16 heavy (non-hydrogen) atoms. The zero-order valence-electron chi connectivity index (χ0n) is 9.77. The molecule has 0 bridgehead atoms. The highest BCUT2D eigenvalue weighted by molar-refractivity contribution is 5.83. The number of carbonyl (C=O) groups is 1. The van der Waals surface area contributed by atoms with Crippen molar-refractivity contribution in [3.05, 3.63) is 12.4 Å². The third-order valence-electron chi connectivity index (χ3n) is 1.47. The van der Waals surface area contributed by atoms with E-state index >= 15 is 0 Å². The van der Waals surface area contributed by atoms with Gasteiger partial charge in [-0.1, -0.05) is 0 Å². The normalized spacial score (nSPS) is 10.8. The molecule has 0 saturated heterocycles. The van der Waals surface area contributed by atoms with Gasteiger partial charge >= 0.3 is 6.09 Å². The molecule has 0 aliphatic rings. The molecule has 0 radical (unpaired) electrons. The van der Waals surface area contributed by atoms with Crippen LogP contribution in [0.1, 0.15) is 20.8 Å². The molecule has 0 aromatic carbocycles. The number of methoxy groups -OCH3 is 1. The number of anilines is 1. The first-order chi connectivity index (χ1) is 7.40. The highest BCUT2D eigenvalue weighted by Gasteiger charge is 2.16. The first-order valence-corrected chi connectivity index (χ1v) is 4.77. The molecule has 1 aromatic rings. The number of amides is 1. The molecule has 0 aliphatic heterocycles. The summed E-state index contributed by atoms with van der Waals surface area (Å²) in [4.78, 5) is 19.2. The molecule has 1 N–H and O–H groups in total. The van der Waals surface area contributed by atoms with Crippen molar-refractivity contribution in [3.8, 4) is 5.88 Å². The molecule has 6 heteroatoms. The van der Waals surface area contributed by atoms with Crippen molar-refractivity contribution in [2.24, 2.45) is 0 Å². The monoisotopic (exact) mass is 225 g/mol. The highest BCUT2D eigenvalue weighted by Crippen LogP contribution is 2.10. The van der Waals surface area contributed by atoms with E-state index in [1.807, 2.05) is 0 Å². The van der Waals surface area contributed by atoms with Crippen LogP contribution < -0.4 is 10.1 Å². The number of aromatic nitrogens is 2. The second-order valence-electron chi connectivity index (χ2n) is 4.07. The lowest BCUT2D eigenvalue weighted by atomic mass is 10.2. The molecule has 0 fully saturated rings. The van der Waals surface area contributed by atoms with Crippen LogP contribution in [0, 0.1) is 0 Å². The second kappa shape index (κ2) is 4.78. The highest BCUT2D eigenvalue weighted by atomic mass is 16.6. The first-order valence-electron chi connectivity index (χ1n) is 4.77. The number of hydrogen-bond acceptors (Lipinski definition) is 5. The van der Waals surface area contributed by atoms with Gasteiger partial charge in [-0.15, -0.1) is 0 Å². The van der Waals surface area contributed by atoms with E-state index in [4.69, 9.17) is 9.47 Å². The van der Waals surface area contributed by atoms with Gasteiger partial charge in [0.1, 0.15) is 5.60 Å². The van der Waals surface area contributed by atoms with E-state index in [9.17, 15) is 4.79 Å². The Morgan fingerprint density at radius 1 is 1.31 bits per heavy atom. The van der Waals surface area contributed by atoms with Gasteiger partial charge in [0, 0.05) is 0 Å². The Balaban J connectivity index is 2.56. The lowest BCUT2D eigenvalue weighted by Crippen LogP contribution is -2.27. The van der Waals surface area contributed by atoms with Crippen molar-refractivity contribution in [2.45, 2.75) is 26.4 Å². The molecule has 6 nitrogen and oxygen atoms in total. The Kier molecular flexibility index (Phi) is 3.65. The van der Waals surface area contributed by atoms with Gasteiger partial charge in [-0.2, -0.15) is 0 Å². The van der Waals surface area contributed by atoms with Crippen LogP contribution in [0.25, 0.3) is 0 Å². The van der Waals surface area contributed by atoms with Crippen molar-refractivity contribution in [2.75, 3.05) is 12.4 Å². The summed E-state index contributed by atoms with van der Waals surface area (Å²) >= 11 is 0. The third kappa shape index (κ3) is 4.12. The molecule has 1 aromatic heterocycles. The number of hydrogen-bond donors (Lipinski definition) is 1. The maximum Gasteiger partial charge on any atom is 0.413 e. The SMILES string of the molecule is COc1cnc(NC(=O)OC(C)(C)C)cn1. The fraction of sp³-hybridized carbons (Fsp3) is 0.500. The molecule has 0 saturated carbocycles. The smallest absolute Gasteiger partial charge is 0.413 e. The van der Waals surface area contributed by atoms with Crippen LogP contribution in [0.4, 0.5) is 10.6 Å². The second-order valence-corrected chi connectivity index (χ2v) is 4.07. The van der Waals surface area contributed by atoms with Crippen LogP contribution in [0.15, 0.2) is 12.4 Å². The Hall–Kier alpha value is -1.85. The minimum atomic E-state index is -0.563. The Labute approximate surface area is 94.0 Å². The maximum absolute atomic E-state index is 11.4. The minimum absolute atomic E-state index is 0.315. The summed E-state index contributed by atoms with van der Waals surface area (Å²) < 4.78 is 9.89. The zero-order valence-corrected chi connectivity index (χ0v) is 9.77. The summed E-state index contributed by atoms with van der Waals surface area (Å²) in [6, 6.07) is 0. The Bertz CT molecular complexity index is 357. The Morgan fingerprint density at radius 3 is 2.44 bits per heavy atom. The summed E-state index contributed by atoms with van der Waals surface area (Å²) in [6.07, 6.45) is 2.24. The summed E-state index contributed by atoms with van der Waals surface area (Å²) in [7, 11) is 1.49. The van der Waals surface area contributed by atoms with E-state index in [2.05, 4.69) is 15.3 Å². The van der Waals surface area contributed by atoms with Crippen LogP contribution in [0.3, 0.4) is 0 Å². The molecule has 0 unspecified atom stereocenters. The molecule has 0 spiro atoms. The van der Waals surface area contributed by atoms with Crippen LogP contribution in [0.2, 0.25) is 0 Å². The van der Waals surface area contributed by atoms with Crippen molar-refractivity contribution >= 4 is 11.9 Å². The van der Waals surface area contributed by atoms with E-state index in [0.717, 1.165) is 0 Å². The van der Waals surface area contributed by atoms with E-state index in [0.29, 0.717) is 11.7 Å². The van der Waals surface area contributed by atoms with Crippen LogP contribution in [-0.2, 0) is 4.74 Å². The average molecular weight is 225 g/mol. The topological polar surface area (TPSA) is 73.3 Å². The summed E-state index contributed by atoms with van der Waals surface area (Å²) in [5.74, 6) is 0.699. The van der Waals surface area contributed by atoms with Gasteiger partial charge in [0.25, 0.3) is 0 Å². The van der Waals surface area contributed by atoms with Gasteiger partial charge in [-0.3, -0.25) is 5.32 Å². The fourth-order valence-electron chi connectivity index (χ4n) is 0.894. The van der Waals surface area contributed by atoms with E-state index in [1.165, 1.54) is 19.5 Å². The molecular weight excluding hydrogens is 210 g/mol. The number of carbonyl (C=O) groups excluding carboxylic acids is 1. The van der Waals surface area contributed by atoms with Crippen LogP contribution in [-0.4, -0.2) is 28.8 Å². The molecule has 1 rings (SSSR count).